The van der Waals surface area contributed by atoms with Gasteiger partial charge in [0.05, 0.1) is 18.8 Å². The lowest BCUT2D eigenvalue weighted by Crippen LogP contribution is -2.13. The van der Waals surface area contributed by atoms with E-state index in [-0.39, 0.29) is 5.41 Å². The number of aromatic nitrogens is 4. The van der Waals surface area contributed by atoms with Crippen LogP contribution in [0.3, 0.4) is 0 Å². The van der Waals surface area contributed by atoms with Crippen LogP contribution >= 0.6 is 0 Å². The zero-order valence-electron chi connectivity index (χ0n) is 22.8. The number of hydrogen-bond acceptors (Lipinski definition) is 7. The minimum Gasteiger partial charge on any atom is -0.495 e. The highest BCUT2D eigenvalue weighted by atomic mass is 16.5. The first kappa shape index (κ1) is 25.2. The number of fused-ring (bicyclic) bond motifs is 2. The average molecular weight is 528 g/mol. The number of rotatable bonds is 6. The molecule has 0 aliphatic heterocycles. The Bertz CT molecular complexity index is 1810. The lowest BCUT2D eigenvalue weighted by atomic mass is 9.82. The standard InChI is InChI=1S/C33H29N5O2/c1-33(2,3)26-12-8-11-25-29(26)30(21-9-6-5-7-10-21)37-38-32(25)36-22-13-15-23(16-14-22)40-28-17-18-34-27-19-24(39-4)20-35-31(27)28/h5-20H,1-4H3,(H,36,38). The van der Waals surface area contributed by atoms with Crippen LogP contribution in [0.25, 0.3) is 33.1 Å². The highest BCUT2D eigenvalue weighted by Crippen LogP contribution is 2.38. The molecule has 3 heterocycles. The van der Waals surface area contributed by atoms with Gasteiger partial charge in [0.25, 0.3) is 0 Å². The maximum Gasteiger partial charge on any atom is 0.161 e. The van der Waals surface area contributed by atoms with Crippen LogP contribution in [0.1, 0.15) is 26.3 Å². The first-order valence-electron chi connectivity index (χ1n) is 13.1. The van der Waals surface area contributed by atoms with Crippen molar-refractivity contribution in [3.8, 4) is 28.5 Å². The number of hydrogen-bond donors (Lipinski definition) is 1. The monoisotopic (exact) mass is 527 g/mol. The summed E-state index contributed by atoms with van der Waals surface area (Å²) in [4.78, 5) is 8.84. The molecule has 198 valence electrons. The molecule has 0 aliphatic rings. The number of nitrogens with one attached hydrogen (secondary N) is 1. The minimum atomic E-state index is -0.0700. The zero-order chi connectivity index (χ0) is 27.7. The Morgan fingerprint density at radius 1 is 0.775 bits per heavy atom. The van der Waals surface area contributed by atoms with Gasteiger partial charge in [-0.05, 0) is 35.2 Å². The van der Waals surface area contributed by atoms with Crippen LogP contribution in [0.15, 0.2) is 97.3 Å². The second-order valence-electron chi connectivity index (χ2n) is 10.5. The van der Waals surface area contributed by atoms with E-state index in [1.807, 2.05) is 48.5 Å². The van der Waals surface area contributed by atoms with E-state index in [1.54, 1.807) is 25.6 Å². The van der Waals surface area contributed by atoms with E-state index in [0.717, 1.165) is 27.7 Å². The van der Waals surface area contributed by atoms with Crippen molar-refractivity contribution in [1.82, 2.24) is 20.2 Å². The van der Waals surface area contributed by atoms with Crippen molar-refractivity contribution >= 4 is 33.3 Å². The molecule has 0 unspecified atom stereocenters. The molecule has 3 aromatic heterocycles. The van der Waals surface area contributed by atoms with Crippen LogP contribution in [0.4, 0.5) is 11.5 Å². The van der Waals surface area contributed by atoms with Crippen LogP contribution in [0.5, 0.6) is 17.2 Å². The van der Waals surface area contributed by atoms with Gasteiger partial charge in [0.2, 0.25) is 0 Å². The van der Waals surface area contributed by atoms with Crippen molar-refractivity contribution in [2.45, 2.75) is 26.2 Å². The largest absolute Gasteiger partial charge is 0.495 e. The number of methoxy groups -OCH3 is 1. The van der Waals surface area contributed by atoms with Crippen LogP contribution in [0.2, 0.25) is 0 Å². The van der Waals surface area contributed by atoms with Gasteiger partial charge in [0, 0.05) is 40.4 Å². The minimum absolute atomic E-state index is 0.0700. The molecule has 0 fully saturated rings. The third kappa shape index (κ3) is 4.89. The van der Waals surface area contributed by atoms with Crippen LogP contribution in [0, 0.1) is 0 Å². The summed E-state index contributed by atoms with van der Waals surface area (Å²) in [7, 11) is 1.61. The smallest absolute Gasteiger partial charge is 0.161 e. The predicted molar refractivity (Wildman–Crippen MR) is 160 cm³/mol. The molecule has 40 heavy (non-hydrogen) atoms. The van der Waals surface area contributed by atoms with Gasteiger partial charge in [0.15, 0.2) is 11.6 Å². The molecule has 6 aromatic rings. The van der Waals surface area contributed by atoms with Crippen molar-refractivity contribution < 1.29 is 9.47 Å². The van der Waals surface area contributed by atoms with Crippen LogP contribution in [-0.2, 0) is 5.41 Å². The summed E-state index contributed by atoms with van der Waals surface area (Å²) in [5.74, 6) is 2.65. The third-order valence-corrected chi connectivity index (χ3v) is 6.76. The van der Waals surface area contributed by atoms with Gasteiger partial charge < -0.3 is 14.8 Å². The van der Waals surface area contributed by atoms with E-state index in [0.29, 0.717) is 34.1 Å². The number of pyridine rings is 2. The second kappa shape index (κ2) is 10.3. The molecule has 0 radical (unpaired) electrons. The van der Waals surface area contributed by atoms with E-state index < -0.39 is 0 Å². The zero-order valence-corrected chi connectivity index (χ0v) is 22.8. The van der Waals surface area contributed by atoms with Gasteiger partial charge in [-0.25, -0.2) is 4.98 Å². The molecule has 0 spiro atoms. The maximum atomic E-state index is 6.16. The molecule has 0 bridgehead atoms. The quantitative estimate of drug-likeness (QED) is 0.234. The van der Waals surface area contributed by atoms with Gasteiger partial charge in [-0.2, -0.15) is 0 Å². The molecule has 6 rings (SSSR count). The van der Waals surface area contributed by atoms with Gasteiger partial charge in [-0.15, -0.1) is 10.2 Å². The molecule has 0 saturated carbocycles. The second-order valence-corrected chi connectivity index (χ2v) is 10.5. The Labute approximate surface area is 232 Å². The van der Waals surface area contributed by atoms with Crippen molar-refractivity contribution in [3.63, 3.8) is 0 Å². The lowest BCUT2D eigenvalue weighted by molar-refractivity contribution is 0.413. The van der Waals surface area contributed by atoms with E-state index in [4.69, 9.17) is 14.6 Å². The first-order valence-corrected chi connectivity index (χ1v) is 13.1. The van der Waals surface area contributed by atoms with Crippen molar-refractivity contribution in [2.24, 2.45) is 0 Å². The van der Waals surface area contributed by atoms with E-state index in [2.05, 4.69) is 71.5 Å². The molecular formula is C33H29N5O2. The first-order chi connectivity index (χ1) is 19.4. The highest BCUT2D eigenvalue weighted by molar-refractivity contribution is 6.03. The maximum absolute atomic E-state index is 6.16. The normalized spacial score (nSPS) is 11.5. The van der Waals surface area contributed by atoms with E-state index >= 15 is 0 Å². The Kier molecular flexibility index (Phi) is 6.48. The number of nitrogens with zero attached hydrogens (tertiary/aromatic N) is 4. The molecule has 1 N–H and O–H groups in total. The molecule has 7 nitrogen and oxygen atoms in total. The Morgan fingerprint density at radius 2 is 1.57 bits per heavy atom. The number of anilines is 2. The van der Waals surface area contributed by atoms with Gasteiger partial charge >= 0.3 is 0 Å². The Balaban J connectivity index is 1.33. The molecular weight excluding hydrogens is 498 g/mol. The summed E-state index contributed by atoms with van der Waals surface area (Å²) in [5.41, 5.74) is 5.32. The van der Waals surface area contributed by atoms with Crippen molar-refractivity contribution in [3.05, 3.63) is 103 Å². The fourth-order valence-corrected chi connectivity index (χ4v) is 4.78. The van der Waals surface area contributed by atoms with E-state index in [9.17, 15) is 0 Å². The molecule has 3 aromatic carbocycles. The highest BCUT2D eigenvalue weighted by Gasteiger charge is 2.22. The van der Waals surface area contributed by atoms with Gasteiger partial charge in [-0.1, -0.05) is 69.3 Å². The van der Waals surface area contributed by atoms with Gasteiger partial charge in [-0.3, -0.25) is 4.98 Å². The fraction of sp³-hybridized carbons (Fsp3) is 0.152. The Morgan fingerprint density at radius 3 is 2.33 bits per heavy atom. The average Bonchev–Trinajstić information content (AvgIpc) is 2.98. The van der Waals surface area contributed by atoms with Gasteiger partial charge in [0.1, 0.15) is 22.7 Å². The topological polar surface area (TPSA) is 82.0 Å². The lowest BCUT2D eigenvalue weighted by Gasteiger charge is -2.23. The molecule has 0 amide bonds. The van der Waals surface area contributed by atoms with Crippen LogP contribution < -0.4 is 14.8 Å². The summed E-state index contributed by atoms with van der Waals surface area (Å²) in [6, 6.07) is 28.0. The molecule has 7 heteroatoms. The molecule has 0 atom stereocenters. The predicted octanol–water partition coefficient (Wildman–Crippen LogP) is 8.08. The summed E-state index contributed by atoms with van der Waals surface area (Å²) in [6.07, 6.45) is 3.35. The summed E-state index contributed by atoms with van der Waals surface area (Å²) in [6.45, 7) is 6.67. The fourth-order valence-electron chi connectivity index (χ4n) is 4.78. The van der Waals surface area contributed by atoms with E-state index in [1.165, 1.54) is 5.56 Å². The third-order valence-electron chi connectivity index (χ3n) is 6.76. The van der Waals surface area contributed by atoms with Crippen LogP contribution in [-0.4, -0.2) is 27.3 Å². The summed E-state index contributed by atoms with van der Waals surface area (Å²) in [5, 5.41) is 14.9. The number of ether oxygens (including phenoxy) is 2. The molecule has 0 aliphatic carbocycles. The molecule has 0 saturated heterocycles. The SMILES string of the molecule is COc1cnc2c(Oc3ccc(Nc4nnc(-c5ccccc5)c5c(C(C)(C)C)cccc45)cc3)ccnc2c1. The summed E-state index contributed by atoms with van der Waals surface area (Å²) < 4.78 is 11.4. The van der Waals surface area contributed by atoms with Crippen molar-refractivity contribution in [2.75, 3.05) is 12.4 Å². The summed E-state index contributed by atoms with van der Waals surface area (Å²) >= 11 is 0. The Hall–Kier alpha value is -5.04. The number of benzene rings is 3. The van der Waals surface area contributed by atoms with Crippen molar-refractivity contribution in [1.29, 1.82) is 0 Å².